The van der Waals surface area contributed by atoms with E-state index in [4.69, 9.17) is 0 Å². The van der Waals surface area contributed by atoms with Crippen LogP contribution in [0.4, 0.5) is 0 Å². The average Bonchev–Trinajstić information content (AvgIpc) is 2.11. The zero-order chi connectivity index (χ0) is 6.10. The average molecular weight is 124 g/mol. The van der Waals surface area contributed by atoms with E-state index in [0.29, 0.717) is 0 Å². The summed E-state index contributed by atoms with van der Waals surface area (Å²) in [6.45, 7) is 2.71. The summed E-state index contributed by atoms with van der Waals surface area (Å²) in [5.74, 6) is 0. The molecule has 51 valence electrons. The van der Waals surface area contributed by atoms with E-state index in [2.05, 4.69) is 4.90 Å². The molecule has 1 heterocycles. The number of rotatable bonds is 1. The van der Waals surface area contributed by atoms with E-state index in [0.717, 1.165) is 0 Å². The van der Waals surface area contributed by atoms with E-state index in [9.17, 15) is 0 Å². The highest BCUT2D eigenvalue weighted by molar-refractivity contribution is 4.98. The highest BCUT2D eigenvalue weighted by Gasteiger charge is 2.27. The lowest BCUT2D eigenvalue weighted by Gasteiger charge is -2.33. The van der Waals surface area contributed by atoms with Gasteiger partial charge in [-0.05, 0) is 45.2 Å². The van der Waals surface area contributed by atoms with Crippen LogP contribution in [0, 0.1) is 6.04 Å². The second kappa shape index (κ2) is 2.30. The van der Waals surface area contributed by atoms with Crippen molar-refractivity contribution in [2.75, 3.05) is 13.1 Å². The predicted molar refractivity (Wildman–Crippen MR) is 37.9 cm³/mol. The summed E-state index contributed by atoms with van der Waals surface area (Å²) in [7, 11) is 0. The normalized spacial score (nSPS) is 30.7. The third-order valence-electron chi connectivity index (χ3n) is 2.48. The lowest BCUT2D eigenvalue weighted by molar-refractivity contribution is 0.260. The van der Waals surface area contributed by atoms with Gasteiger partial charge in [-0.2, -0.15) is 0 Å². The van der Waals surface area contributed by atoms with Gasteiger partial charge in [-0.25, -0.2) is 0 Å². The van der Waals surface area contributed by atoms with Gasteiger partial charge in [0.1, 0.15) is 0 Å². The van der Waals surface area contributed by atoms with Crippen molar-refractivity contribution in [1.29, 1.82) is 0 Å². The summed E-state index contributed by atoms with van der Waals surface area (Å²) in [5.41, 5.74) is 0. The van der Waals surface area contributed by atoms with Gasteiger partial charge in [0.15, 0.2) is 0 Å². The van der Waals surface area contributed by atoms with Gasteiger partial charge in [-0.1, -0.05) is 0 Å². The summed E-state index contributed by atoms with van der Waals surface area (Å²) in [6, 6.07) is 1.74. The molecule has 0 aromatic rings. The van der Waals surface area contributed by atoms with E-state index in [-0.39, 0.29) is 0 Å². The Bertz CT molecular complexity index is 90.7. The van der Waals surface area contributed by atoms with Crippen LogP contribution in [0.5, 0.6) is 0 Å². The van der Waals surface area contributed by atoms with Crippen LogP contribution in [0.25, 0.3) is 0 Å². The van der Waals surface area contributed by atoms with Gasteiger partial charge in [-0.3, -0.25) is 4.90 Å². The van der Waals surface area contributed by atoms with Crippen molar-refractivity contribution in [2.45, 2.75) is 32.1 Å². The lowest BCUT2D eigenvalue weighted by Crippen LogP contribution is -2.30. The molecule has 0 unspecified atom stereocenters. The molecule has 1 aliphatic heterocycles. The molecular formula is C8H14N. The molecule has 0 bridgehead atoms. The Hall–Kier alpha value is -0.0400. The van der Waals surface area contributed by atoms with Crippen LogP contribution in [0.1, 0.15) is 32.1 Å². The van der Waals surface area contributed by atoms with Gasteiger partial charge in [0.2, 0.25) is 0 Å². The van der Waals surface area contributed by atoms with Crippen LogP contribution in [-0.4, -0.2) is 18.0 Å². The molecule has 0 N–H and O–H groups in total. The minimum atomic E-state index is 1.36. The smallest absolute Gasteiger partial charge is 0.0393 e. The molecule has 1 saturated carbocycles. The van der Waals surface area contributed by atoms with Crippen LogP contribution in [0.3, 0.4) is 0 Å². The predicted octanol–water partition coefficient (Wildman–Crippen LogP) is 1.80. The van der Waals surface area contributed by atoms with E-state index >= 15 is 0 Å². The maximum atomic E-state index is 2.59. The number of hydrogen-bond acceptors (Lipinski definition) is 1. The molecule has 0 aromatic heterocycles. The first-order valence-electron chi connectivity index (χ1n) is 4.06. The van der Waals surface area contributed by atoms with Crippen LogP contribution >= 0.6 is 0 Å². The Balaban J connectivity index is 1.82. The molecule has 2 rings (SSSR count). The lowest BCUT2D eigenvalue weighted by atomic mass is 9.92. The van der Waals surface area contributed by atoms with E-state index < -0.39 is 0 Å². The van der Waals surface area contributed by atoms with Crippen molar-refractivity contribution in [2.24, 2.45) is 0 Å². The van der Waals surface area contributed by atoms with E-state index in [1.807, 2.05) is 0 Å². The Kier molecular flexibility index (Phi) is 1.46. The van der Waals surface area contributed by atoms with Gasteiger partial charge in [0, 0.05) is 6.04 Å². The standard InChI is InChI=1S/C8H14N/c1-2-7-9(6-1)8-4-3-5-8/h1-7H2. The quantitative estimate of drug-likeness (QED) is 0.515. The van der Waals surface area contributed by atoms with Crippen molar-refractivity contribution in [3.05, 3.63) is 6.04 Å². The van der Waals surface area contributed by atoms with Crippen molar-refractivity contribution in [3.8, 4) is 0 Å². The summed E-state index contributed by atoms with van der Waals surface area (Å²) < 4.78 is 0. The molecule has 0 atom stereocenters. The van der Waals surface area contributed by atoms with Crippen molar-refractivity contribution in [1.82, 2.24) is 4.90 Å². The molecule has 1 nitrogen and oxygen atoms in total. The molecule has 9 heavy (non-hydrogen) atoms. The Morgan fingerprint density at radius 2 is 1.56 bits per heavy atom. The SMILES string of the molecule is C1C[C](N2CCCC2)C1. The van der Waals surface area contributed by atoms with Crippen molar-refractivity contribution >= 4 is 0 Å². The molecule has 1 aliphatic carbocycles. The fourth-order valence-electron chi connectivity index (χ4n) is 1.68. The highest BCUT2D eigenvalue weighted by Crippen LogP contribution is 2.34. The van der Waals surface area contributed by atoms with Crippen LogP contribution in [0.2, 0.25) is 0 Å². The minimum Gasteiger partial charge on any atom is -0.296 e. The van der Waals surface area contributed by atoms with Crippen LogP contribution in [-0.2, 0) is 0 Å². The highest BCUT2D eigenvalue weighted by atomic mass is 15.2. The number of hydrogen-bond donors (Lipinski definition) is 0. The molecule has 0 amide bonds. The zero-order valence-corrected chi connectivity index (χ0v) is 5.90. The molecule has 0 aromatic carbocycles. The van der Waals surface area contributed by atoms with E-state index in [1.165, 1.54) is 45.2 Å². The molecule has 2 aliphatic rings. The summed E-state index contributed by atoms with van der Waals surface area (Å²) >= 11 is 0. The van der Waals surface area contributed by atoms with Gasteiger partial charge in [-0.15, -0.1) is 0 Å². The monoisotopic (exact) mass is 124 g/mol. The first kappa shape index (κ1) is 5.72. The Morgan fingerprint density at radius 3 is 2.00 bits per heavy atom. The minimum absolute atomic E-state index is 1.36. The molecule has 1 radical (unpaired) electrons. The first-order chi connectivity index (χ1) is 4.47. The zero-order valence-electron chi connectivity index (χ0n) is 5.90. The maximum absolute atomic E-state index is 2.59. The number of nitrogens with zero attached hydrogens (tertiary/aromatic N) is 1. The Morgan fingerprint density at radius 1 is 0.889 bits per heavy atom. The first-order valence-corrected chi connectivity index (χ1v) is 4.06. The van der Waals surface area contributed by atoms with Gasteiger partial charge in [0.25, 0.3) is 0 Å². The van der Waals surface area contributed by atoms with Crippen molar-refractivity contribution in [3.63, 3.8) is 0 Å². The van der Waals surface area contributed by atoms with Gasteiger partial charge < -0.3 is 0 Å². The third-order valence-corrected chi connectivity index (χ3v) is 2.48. The fourth-order valence-corrected chi connectivity index (χ4v) is 1.68. The fraction of sp³-hybridized carbons (Fsp3) is 0.875. The second-order valence-corrected chi connectivity index (χ2v) is 3.11. The molecule has 2 fully saturated rings. The van der Waals surface area contributed by atoms with Gasteiger partial charge >= 0.3 is 0 Å². The van der Waals surface area contributed by atoms with E-state index in [1.54, 1.807) is 6.04 Å². The Labute approximate surface area is 57.0 Å². The summed E-state index contributed by atoms with van der Waals surface area (Å²) in [5, 5.41) is 0. The van der Waals surface area contributed by atoms with Gasteiger partial charge in [0.05, 0.1) is 0 Å². The molecular weight excluding hydrogens is 110 g/mol. The molecule has 0 spiro atoms. The second-order valence-electron chi connectivity index (χ2n) is 3.11. The van der Waals surface area contributed by atoms with Crippen molar-refractivity contribution < 1.29 is 0 Å². The topological polar surface area (TPSA) is 3.24 Å². The maximum Gasteiger partial charge on any atom is 0.0393 e. The summed E-state index contributed by atoms with van der Waals surface area (Å²) in [6.07, 6.45) is 7.12. The molecule has 1 saturated heterocycles. The largest absolute Gasteiger partial charge is 0.296 e. The van der Waals surface area contributed by atoms with Crippen LogP contribution < -0.4 is 0 Å². The molecule has 1 heteroatoms. The third kappa shape index (κ3) is 0.983. The summed E-state index contributed by atoms with van der Waals surface area (Å²) in [4.78, 5) is 2.59. The number of likely N-dealkylation sites (tertiary alicyclic amines) is 1. The van der Waals surface area contributed by atoms with Crippen LogP contribution in [0.15, 0.2) is 0 Å².